The molecule has 2 heterocycles. The van der Waals surface area contributed by atoms with Crippen LogP contribution in [0.2, 0.25) is 0 Å². The highest BCUT2D eigenvalue weighted by Gasteiger charge is 2.34. The number of nitrogens with one attached hydrogen (secondary N) is 1. The van der Waals surface area contributed by atoms with Crippen molar-refractivity contribution in [1.82, 2.24) is 14.8 Å². The van der Waals surface area contributed by atoms with Crippen molar-refractivity contribution in [3.63, 3.8) is 0 Å². The number of hydrogen-bond acceptors (Lipinski definition) is 3. The summed E-state index contributed by atoms with van der Waals surface area (Å²) in [5.74, 6) is -2.09. The molecule has 1 aliphatic rings. The number of benzene rings is 2. The number of amides is 2. The zero-order valence-electron chi connectivity index (χ0n) is 15.9. The number of halogens is 1. The lowest BCUT2D eigenvalue weighted by atomic mass is 10.1. The first-order valence-corrected chi connectivity index (χ1v) is 9.42. The minimum Gasteiger partial charge on any atom is -0.360 e. The Morgan fingerprint density at radius 2 is 1.79 bits per heavy atom. The molecule has 0 saturated carbocycles. The number of ketones is 1. The van der Waals surface area contributed by atoms with E-state index in [0.717, 1.165) is 0 Å². The summed E-state index contributed by atoms with van der Waals surface area (Å²) in [7, 11) is 0. The Morgan fingerprint density at radius 1 is 1.03 bits per heavy atom. The average molecular weight is 393 g/mol. The number of nitrogens with zero attached hydrogens (tertiary/aromatic N) is 2. The lowest BCUT2D eigenvalue weighted by Crippen LogP contribution is -2.56. The molecule has 0 radical (unpaired) electrons. The molecule has 4 rings (SSSR count). The van der Waals surface area contributed by atoms with E-state index in [-0.39, 0.29) is 29.4 Å². The van der Waals surface area contributed by atoms with E-state index in [1.54, 1.807) is 42.2 Å². The number of Topliss-reactive ketones (excluding diaryl/α,β-unsaturated/α-hetero) is 1. The maximum atomic E-state index is 14.2. The van der Waals surface area contributed by atoms with Gasteiger partial charge in [-0.05, 0) is 31.2 Å². The van der Waals surface area contributed by atoms with Gasteiger partial charge < -0.3 is 14.8 Å². The fourth-order valence-corrected chi connectivity index (χ4v) is 3.77. The van der Waals surface area contributed by atoms with Gasteiger partial charge in [-0.2, -0.15) is 0 Å². The van der Waals surface area contributed by atoms with Gasteiger partial charge in [0.2, 0.25) is 0 Å². The maximum absolute atomic E-state index is 14.2. The number of hydrogen-bond donors (Lipinski definition) is 1. The van der Waals surface area contributed by atoms with Gasteiger partial charge in [0, 0.05) is 48.3 Å². The Bertz CT molecular complexity index is 1090. The minimum atomic E-state index is -0.754. The number of carbonyl (C=O) groups excluding carboxylic acids is 3. The third-order valence-corrected chi connectivity index (χ3v) is 5.29. The van der Waals surface area contributed by atoms with Crippen molar-refractivity contribution in [2.45, 2.75) is 13.0 Å². The standard InChI is InChI=1S/C22H20FN3O3/c1-14-13-25(21(28)15-6-3-2-4-7-15)10-11-26(14)22(29)20(27)16-12-24-18-9-5-8-17(23)19(16)18/h2-9,12,14,24H,10-11,13H2,1H3/t14-/m1/s1. The molecule has 0 unspecified atom stereocenters. The van der Waals surface area contributed by atoms with Crippen molar-refractivity contribution in [1.29, 1.82) is 0 Å². The van der Waals surface area contributed by atoms with E-state index in [9.17, 15) is 18.8 Å². The number of H-pyrrole nitrogens is 1. The van der Waals surface area contributed by atoms with Gasteiger partial charge >= 0.3 is 0 Å². The lowest BCUT2D eigenvalue weighted by Gasteiger charge is -2.39. The second kappa shape index (κ2) is 7.50. The number of carbonyl (C=O) groups is 3. The second-order valence-corrected chi connectivity index (χ2v) is 7.16. The lowest BCUT2D eigenvalue weighted by molar-refractivity contribution is -0.130. The summed E-state index contributed by atoms with van der Waals surface area (Å²) in [6, 6.07) is 13.1. The first kappa shape index (κ1) is 18.9. The van der Waals surface area contributed by atoms with Gasteiger partial charge in [-0.25, -0.2) is 4.39 Å². The first-order chi connectivity index (χ1) is 14.0. The molecule has 148 valence electrons. The second-order valence-electron chi connectivity index (χ2n) is 7.16. The smallest absolute Gasteiger partial charge is 0.295 e. The third-order valence-electron chi connectivity index (χ3n) is 5.29. The highest BCUT2D eigenvalue weighted by atomic mass is 19.1. The van der Waals surface area contributed by atoms with Crippen LogP contribution in [0.4, 0.5) is 4.39 Å². The molecule has 1 atom stereocenters. The number of piperazine rings is 1. The summed E-state index contributed by atoms with van der Waals surface area (Å²) < 4.78 is 14.2. The van der Waals surface area contributed by atoms with Gasteiger partial charge in [0.1, 0.15) is 5.82 Å². The molecule has 0 bridgehead atoms. The molecular weight excluding hydrogens is 373 g/mol. The van der Waals surface area contributed by atoms with Crippen LogP contribution >= 0.6 is 0 Å². The van der Waals surface area contributed by atoms with Crippen molar-refractivity contribution in [3.05, 3.63) is 71.7 Å². The minimum absolute atomic E-state index is 0.0260. The fourth-order valence-electron chi connectivity index (χ4n) is 3.77. The molecule has 3 aromatic rings. The quantitative estimate of drug-likeness (QED) is 0.549. The van der Waals surface area contributed by atoms with Gasteiger partial charge in [0.05, 0.1) is 5.56 Å². The molecule has 0 aliphatic carbocycles. The van der Waals surface area contributed by atoms with E-state index in [4.69, 9.17) is 0 Å². The first-order valence-electron chi connectivity index (χ1n) is 9.42. The summed E-state index contributed by atoms with van der Waals surface area (Å²) in [4.78, 5) is 44.2. The van der Waals surface area contributed by atoms with Crippen LogP contribution in [0.5, 0.6) is 0 Å². The summed E-state index contributed by atoms with van der Waals surface area (Å²) in [5, 5.41) is 0.122. The summed E-state index contributed by atoms with van der Waals surface area (Å²) >= 11 is 0. The summed E-state index contributed by atoms with van der Waals surface area (Å²) in [6.07, 6.45) is 1.37. The van der Waals surface area contributed by atoms with Crippen LogP contribution in [0.25, 0.3) is 10.9 Å². The molecule has 2 amide bonds. The molecule has 2 aromatic carbocycles. The monoisotopic (exact) mass is 393 g/mol. The van der Waals surface area contributed by atoms with Crippen molar-refractivity contribution in [3.8, 4) is 0 Å². The Hall–Kier alpha value is -3.48. The van der Waals surface area contributed by atoms with Crippen LogP contribution in [0, 0.1) is 5.82 Å². The van der Waals surface area contributed by atoms with E-state index in [2.05, 4.69) is 4.98 Å². The Kier molecular flexibility index (Phi) is 4.88. The van der Waals surface area contributed by atoms with Crippen molar-refractivity contribution >= 4 is 28.5 Å². The van der Waals surface area contributed by atoms with Crippen LogP contribution in [0.1, 0.15) is 27.6 Å². The fraction of sp³-hybridized carbons (Fsp3) is 0.227. The van der Waals surface area contributed by atoms with Crippen molar-refractivity contribution in [2.75, 3.05) is 19.6 Å². The van der Waals surface area contributed by atoms with Crippen LogP contribution in [0.3, 0.4) is 0 Å². The number of aromatic amines is 1. The zero-order chi connectivity index (χ0) is 20.5. The molecule has 29 heavy (non-hydrogen) atoms. The van der Waals surface area contributed by atoms with E-state index in [1.165, 1.54) is 23.2 Å². The van der Waals surface area contributed by atoms with E-state index < -0.39 is 17.5 Å². The van der Waals surface area contributed by atoms with Gasteiger partial charge in [-0.1, -0.05) is 24.3 Å². The number of aromatic nitrogens is 1. The van der Waals surface area contributed by atoms with Gasteiger partial charge in [0.15, 0.2) is 0 Å². The molecule has 1 saturated heterocycles. The molecule has 1 fully saturated rings. The maximum Gasteiger partial charge on any atom is 0.295 e. The van der Waals surface area contributed by atoms with Crippen molar-refractivity contribution in [2.24, 2.45) is 0 Å². The molecule has 6 nitrogen and oxygen atoms in total. The van der Waals surface area contributed by atoms with E-state index in [0.29, 0.717) is 24.2 Å². The SMILES string of the molecule is C[C@@H]1CN(C(=O)c2ccccc2)CCN1C(=O)C(=O)c1c[nH]c2cccc(F)c12. The summed E-state index contributed by atoms with van der Waals surface area (Å²) in [5.41, 5.74) is 1.08. The number of fused-ring (bicyclic) bond motifs is 1. The Labute approximate surface area is 166 Å². The van der Waals surface area contributed by atoms with Gasteiger partial charge in [-0.15, -0.1) is 0 Å². The molecule has 1 N–H and O–H groups in total. The average Bonchev–Trinajstić information content (AvgIpc) is 3.18. The van der Waals surface area contributed by atoms with Crippen molar-refractivity contribution < 1.29 is 18.8 Å². The Balaban J connectivity index is 1.50. The predicted molar refractivity (Wildman–Crippen MR) is 106 cm³/mol. The van der Waals surface area contributed by atoms with Gasteiger partial charge in [0.25, 0.3) is 17.6 Å². The molecule has 0 spiro atoms. The highest BCUT2D eigenvalue weighted by Crippen LogP contribution is 2.23. The summed E-state index contributed by atoms with van der Waals surface area (Å²) in [6.45, 7) is 2.70. The van der Waals surface area contributed by atoms with Crippen LogP contribution < -0.4 is 0 Å². The highest BCUT2D eigenvalue weighted by molar-refractivity contribution is 6.45. The molecule has 7 heteroatoms. The zero-order valence-corrected chi connectivity index (χ0v) is 15.9. The van der Waals surface area contributed by atoms with E-state index in [1.807, 2.05) is 6.07 Å². The van der Waals surface area contributed by atoms with Crippen LogP contribution in [-0.4, -0.2) is 58.1 Å². The topological polar surface area (TPSA) is 73.5 Å². The number of rotatable bonds is 3. The molecule has 1 aliphatic heterocycles. The Morgan fingerprint density at radius 3 is 2.52 bits per heavy atom. The van der Waals surface area contributed by atoms with Gasteiger partial charge in [-0.3, -0.25) is 14.4 Å². The molecule has 1 aromatic heterocycles. The van der Waals surface area contributed by atoms with Crippen LogP contribution in [-0.2, 0) is 4.79 Å². The molecular formula is C22H20FN3O3. The van der Waals surface area contributed by atoms with Crippen LogP contribution in [0.15, 0.2) is 54.7 Å². The van der Waals surface area contributed by atoms with E-state index >= 15 is 0 Å². The normalized spacial score (nSPS) is 16.8. The predicted octanol–water partition coefficient (Wildman–Crippen LogP) is 2.86. The third kappa shape index (κ3) is 3.40. The largest absolute Gasteiger partial charge is 0.360 e.